The third-order valence-corrected chi connectivity index (χ3v) is 2.78. The van der Waals surface area contributed by atoms with Crippen LogP contribution in [0.2, 0.25) is 0 Å². The van der Waals surface area contributed by atoms with Crippen LogP contribution < -0.4 is 11.3 Å². The average Bonchev–Trinajstić information content (AvgIpc) is 2.21. The van der Waals surface area contributed by atoms with E-state index < -0.39 is 0 Å². The van der Waals surface area contributed by atoms with Crippen molar-refractivity contribution in [2.75, 3.05) is 7.11 Å². The maximum atomic E-state index is 5.56. The maximum absolute atomic E-state index is 5.56. The average molecular weight is 208 g/mol. The molecule has 3 heteroatoms. The second-order valence-electron chi connectivity index (χ2n) is 3.95. The van der Waals surface area contributed by atoms with Crippen LogP contribution in [0.25, 0.3) is 0 Å². The Morgan fingerprint density at radius 1 is 1.33 bits per heavy atom. The molecule has 0 heterocycles. The zero-order valence-electron chi connectivity index (χ0n) is 9.87. The van der Waals surface area contributed by atoms with Gasteiger partial charge in [-0.1, -0.05) is 23.8 Å². The Morgan fingerprint density at radius 2 is 2.00 bits per heavy atom. The van der Waals surface area contributed by atoms with Crippen molar-refractivity contribution in [2.45, 2.75) is 32.9 Å². The summed E-state index contributed by atoms with van der Waals surface area (Å²) in [7, 11) is 1.69. The number of hydrogen-bond acceptors (Lipinski definition) is 3. The number of ether oxygens (including phenoxy) is 1. The van der Waals surface area contributed by atoms with Crippen LogP contribution in [0, 0.1) is 13.8 Å². The number of hydrogen-bond donors (Lipinski definition) is 2. The monoisotopic (exact) mass is 208 g/mol. The van der Waals surface area contributed by atoms with Crippen molar-refractivity contribution in [1.29, 1.82) is 0 Å². The molecule has 0 spiro atoms. The molecule has 0 bridgehead atoms. The molecule has 0 aliphatic carbocycles. The van der Waals surface area contributed by atoms with Gasteiger partial charge >= 0.3 is 0 Å². The molecule has 0 amide bonds. The first-order valence-corrected chi connectivity index (χ1v) is 5.16. The predicted octanol–water partition coefficient (Wildman–Crippen LogP) is 1.84. The van der Waals surface area contributed by atoms with Crippen LogP contribution in [-0.4, -0.2) is 13.2 Å². The van der Waals surface area contributed by atoms with E-state index in [0.29, 0.717) is 0 Å². The summed E-state index contributed by atoms with van der Waals surface area (Å²) in [6, 6.07) is 6.39. The zero-order valence-corrected chi connectivity index (χ0v) is 9.87. The highest BCUT2D eigenvalue weighted by atomic mass is 16.5. The zero-order chi connectivity index (χ0) is 11.4. The lowest BCUT2D eigenvalue weighted by Crippen LogP contribution is -2.36. The highest BCUT2D eigenvalue weighted by Crippen LogP contribution is 2.22. The molecule has 1 aromatic rings. The van der Waals surface area contributed by atoms with E-state index in [1.165, 1.54) is 16.7 Å². The summed E-state index contributed by atoms with van der Waals surface area (Å²) in [5, 5.41) is 0. The molecule has 0 aliphatic heterocycles. The van der Waals surface area contributed by atoms with Gasteiger partial charge in [0.2, 0.25) is 0 Å². The van der Waals surface area contributed by atoms with Gasteiger partial charge in [-0.25, -0.2) is 0 Å². The van der Waals surface area contributed by atoms with E-state index in [1.54, 1.807) is 7.11 Å². The van der Waals surface area contributed by atoms with Crippen molar-refractivity contribution in [1.82, 2.24) is 5.43 Å². The molecule has 0 saturated heterocycles. The molecule has 0 saturated carbocycles. The summed E-state index contributed by atoms with van der Waals surface area (Å²) >= 11 is 0. The number of nitrogens with one attached hydrogen (secondary N) is 1. The van der Waals surface area contributed by atoms with Gasteiger partial charge in [0.25, 0.3) is 0 Å². The normalized spacial score (nSPS) is 15.0. The summed E-state index contributed by atoms with van der Waals surface area (Å²) < 4.78 is 5.30. The Hall–Kier alpha value is -0.900. The Kier molecular flexibility index (Phi) is 4.27. The Bertz CT molecular complexity index is 325. The molecule has 0 aliphatic rings. The first kappa shape index (κ1) is 12.2. The van der Waals surface area contributed by atoms with Gasteiger partial charge in [0.15, 0.2) is 0 Å². The van der Waals surface area contributed by atoms with Gasteiger partial charge in [-0.3, -0.25) is 11.3 Å². The molecule has 0 radical (unpaired) electrons. The van der Waals surface area contributed by atoms with E-state index >= 15 is 0 Å². The van der Waals surface area contributed by atoms with Crippen molar-refractivity contribution in [3.8, 4) is 0 Å². The van der Waals surface area contributed by atoms with Crippen molar-refractivity contribution in [3.63, 3.8) is 0 Å². The fourth-order valence-corrected chi connectivity index (χ4v) is 1.79. The van der Waals surface area contributed by atoms with E-state index in [-0.39, 0.29) is 12.1 Å². The van der Waals surface area contributed by atoms with Gasteiger partial charge in [-0.15, -0.1) is 0 Å². The molecule has 15 heavy (non-hydrogen) atoms. The van der Waals surface area contributed by atoms with Crippen molar-refractivity contribution in [2.24, 2.45) is 5.84 Å². The van der Waals surface area contributed by atoms with Crippen molar-refractivity contribution < 1.29 is 4.74 Å². The van der Waals surface area contributed by atoms with E-state index in [1.807, 2.05) is 6.92 Å². The molecule has 1 aromatic carbocycles. The summed E-state index contributed by atoms with van der Waals surface area (Å²) in [5.74, 6) is 5.56. The van der Waals surface area contributed by atoms with Crippen LogP contribution >= 0.6 is 0 Å². The summed E-state index contributed by atoms with van der Waals surface area (Å²) in [5.41, 5.74) is 6.50. The topological polar surface area (TPSA) is 47.3 Å². The molecular formula is C12H20N2O. The third-order valence-electron chi connectivity index (χ3n) is 2.78. The second-order valence-corrected chi connectivity index (χ2v) is 3.95. The number of rotatable bonds is 4. The second kappa shape index (κ2) is 5.26. The summed E-state index contributed by atoms with van der Waals surface area (Å²) in [4.78, 5) is 0. The van der Waals surface area contributed by atoms with Crippen LogP contribution in [-0.2, 0) is 4.74 Å². The van der Waals surface area contributed by atoms with Gasteiger partial charge in [0, 0.05) is 7.11 Å². The maximum Gasteiger partial charge on any atom is 0.0750 e. The highest BCUT2D eigenvalue weighted by molar-refractivity contribution is 5.33. The Labute approximate surface area is 91.6 Å². The molecule has 0 fully saturated rings. The smallest absolute Gasteiger partial charge is 0.0750 e. The Morgan fingerprint density at radius 3 is 2.47 bits per heavy atom. The van der Waals surface area contributed by atoms with Crippen LogP contribution in [0.1, 0.15) is 29.7 Å². The largest absolute Gasteiger partial charge is 0.380 e. The van der Waals surface area contributed by atoms with Crippen LogP contribution in [0.5, 0.6) is 0 Å². The molecule has 0 aromatic heterocycles. The van der Waals surface area contributed by atoms with E-state index in [2.05, 4.69) is 37.5 Å². The molecule has 84 valence electrons. The summed E-state index contributed by atoms with van der Waals surface area (Å²) in [6.45, 7) is 6.18. The van der Waals surface area contributed by atoms with Crippen molar-refractivity contribution in [3.05, 3.63) is 34.9 Å². The summed E-state index contributed by atoms with van der Waals surface area (Å²) in [6.07, 6.45) is 0.0522. The SMILES string of the molecule is COC(C)C(NN)c1ccc(C)cc1C. The van der Waals surface area contributed by atoms with E-state index in [9.17, 15) is 0 Å². The molecule has 1 rings (SSSR count). The van der Waals surface area contributed by atoms with Gasteiger partial charge < -0.3 is 4.74 Å². The van der Waals surface area contributed by atoms with E-state index in [0.717, 1.165) is 0 Å². The fourth-order valence-electron chi connectivity index (χ4n) is 1.79. The van der Waals surface area contributed by atoms with Crippen LogP contribution in [0.3, 0.4) is 0 Å². The first-order valence-electron chi connectivity index (χ1n) is 5.16. The number of aryl methyl sites for hydroxylation is 2. The lowest BCUT2D eigenvalue weighted by Gasteiger charge is -2.24. The van der Waals surface area contributed by atoms with Gasteiger partial charge in [-0.2, -0.15) is 0 Å². The standard InChI is InChI=1S/C12H20N2O/c1-8-5-6-11(9(2)7-8)12(14-13)10(3)15-4/h5-7,10,12,14H,13H2,1-4H3. The molecule has 3 N–H and O–H groups in total. The van der Waals surface area contributed by atoms with Crippen LogP contribution in [0.4, 0.5) is 0 Å². The van der Waals surface area contributed by atoms with Crippen molar-refractivity contribution >= 4 is 0 Å². The quantitative estimate of drug-likeness (QED) is 0.586. The van der Waals surface area contributed by atoms with Gasteiger partial charge in [-0.05, 0) is 31.9 Å². The fraction of sp³-hybridized carbons (Fsp3) is 0.500. The molecular weight excluding hydrogens is 188 g/mol. The first-order chi connectivity index (χ1) is 7.10. The number of hydrazine groups is 1. The van der Waals surface area contributed by atoms with Gasteiger partial charge in [0.1, 0.15) is 0 Å². The number of methoxy groups -OCH3 is 1. The number of nitrogens with two attached hydrogens (primary N) is 1. The minimum Gasteiger partial charge on any atom is -0.380 e. The lowest BCUT2D eigenvalue weighted by molar-refractivity contribution is 0.0829. The molecule has 2 unspecified atom stereocenters. The third kappa shape index (κ3) is 2.78. The predicted molar refractivity (Wildman–Crippen MR) is 62.5 cm³/mol. The minimum atomic E-state index is 0.0376. The van der Waals surface area contributed by atoms with Crippen LogP contribution in [0.15, 0.2) is 18.2 Å². The minimum absolute atomic E-state index is 0.0376. The highest BCUT2D eigenvalue weighted by Gasteiger charge is 2.18. The molecule has 3 nitrogen and oxygen atoms in total. The number of benzene rings is 1. The lowest BCUT2D eigenvalue weighted by atomic mass is 9.96. The molecule has 2 atom stereocenters. The van der Waals surface area contributed by atoms with E-state index in [4.69, 9.17) is 10.6 Å². The Balaban J connectivity index is 3.01. The van der Waals surface area contributed by atoms with Gasteiger partial charge in [0.05, 0.1) is 12.1 Å².